The molecule has 0 radical (unpaired) electrons. The zero-order valence-corrected chi connectivity index (χ0v) is 12.0. The van der Waals surface area contributed by atoms with Gasteiger partial charge in [0, 0.05) is 26.3 Å². The molecule has 6 nitrogen and oxygen atoms in total. The van der Waals surface area contributed by atoms with Gasteiger partial charge in [-0.1, -0.05) is 0 Å². The molecular weight excluding hydrogens is 256 g/mol. The van der Waals surface area contributed by atoms with Crippen molar-refractivity contribution >= 4 is 0 Å². The summed E-state index contributed by atoms with van der Waals surface area (Å²) >= 11 is 0. The van der Waals surface area contributed by atoms with Crippen LogP contribution in [0.5, 0.6) is 11.6 Å². The molecule has 0 aliphatic carbocycles. The summed E-state index contributed by atoms with van der Waals surface area (Å²) in [6.07, 6.45) is 2.98. The maximum atomic E-state index is 9.29. The average Bonchev–Trinajstić information content (AvgIpc) is 2.66. The first-order valence-electron chi connectivity index (χ1n) is 6.57. The van der Waals surface area contributed by atoms with E-state index in [0.717, 1.165) is 11.3 Å². The molecule has 0 aliphatic heterocycles. The van der Waals surface area contributed by atoms with Crippen molar-refractivity contribution < 1.29 is 9.84 Å². The minimum absolute atomic E-state index is 0.380. The molecule has 0 saturated heterocycles. The summed E-state index contributed by atoms with van der Waals surface area (Å²) in [4.78, 5) is 4.03. The second kappa shape index (κ2) is 6.49. The van der Waals surface area contributed by atoms with Gasteiger partial charge >= 0.3 is 0 Å². The number of pyridine rings is 1. The van der Waals surface area contributed by atoms with Gasteiger partial charge in [0.2, 0.25) is 5.88 Å². The third-order valence-corrected chi connectivity index (χ3v) is 2.88. The summed E-state index contributed by atoms with van der Waals surface area (Å²) in [5.74, 6) is 1.36. The Balaban J connectivity index is 2.15. The van der Waals surface area contributed by atoms with Gasteiger partial charge in [0.1, 0.15) is 5.75 Å². The Bertz CT molecular complexity index is 552. The first-order valence-corrected chi connectivity index (χ1v) is 6.57. The van der Waals surface area contributed by atoms with Gasteiger partial charge in [0.15, 0.2) is 0 Å². The number of aliphatic hydroxyl groups is 1. The molecule has 0 bridgehead atoms. The summed E-state index contributed by atoms with van der Waals surface area (Å²) in [6.45, 7) is 4.81. The van der Waals surface area contributed by atoms with E-state index in [4.69, 9.17) is 4.74 Å². The fourth-order valence-corrected chi connectivity index (χ4v) is 1.94. The van der Waals surface area contributed by atoms with Crippen LogP contribution in [0.3, 0.4) is 0 Å². The topological polar surface area (TPSA) is 72.2 Å². The monoisotopic (exact) mass is 276 g/mol. The SMILES string of the molecule is Cc1nn(C)c(Oc2cccnc2)c1CNCC(C)O. The maximum absolute atomic E-state index is 9.29. The van der Waals surface area contributed by atoms with E-state index < -0.39 is 0 Å². The molecule has 2 aromatic rings. The smallest absolute Gasteiger partial charge is 0.222 e. The lowest BCUT2D eigenvalue weighted by molar-refractivity contribution is 0.191. The fraction of sp³-hybridized carbons (Fsp3) is 0.429. The van der Waals surface area contributed by atoms with E-state index in [1.807, 2.05) is 26.1 Å². The third-order valence-electron chi connectivity index (χ3n) is 2.88. The molecule has 20 heavy (non-hydrogen) atoms. The van der Waals surface area contributed by atoms with Crippen LogP contribution in [-0.2, 0) is 13.6 Å². The molecule has 2 heterocycles. The zero-order valence-electron chi connectivity index (χ0n) is 12.0. The molecule has 0 amide bonds. The summed E-state index contributed by atoms with van der Waals surface area (Å²) < 4.78 is 7.56. The summed E-state index contributed by atoms with van der Waals surface area (Å²) in [7, 11) is 1.84. The minimum Gasteiger partial charge on any atom is -0.437 e. The van der Waals surface area contributed by atoms with E-state index >= 15 is 0 Å². The predicted molar refractivity (Wildman–Crippen MR) is 75.6 cm³/mol. The van der Waals surface area contributed by atoms with Crippen molar-refractivity contribution in [2.75, 3.05) is 6.54 Å². The fourth-order valence-electron chi connectivity index (χ4n) is 1.94. The Hall–Kier alpha value is -1.92. The Morgan fingerprint density at radius 3 is 2.95 bits per heavy atom. The highest BCUT2D eigenvalue weighted by molar-refractivity contribution is 5.34. The van der Waals surface area contributed by atoms with Crippen molar-refractivity contribution in [1.29, 1.82) is 0 Å². The number of aromatic nitrogens is 3. The van der Waals surface area contributed by atoms with Crippen LogP contribution in [0.4, 0.5) is 0 Å². The molecule has 1 atom stereocenters. The van der Waals surface area contributed by atoms with Crippen LogP contribution in [0.2, 0.25) is 0 Å². The van der Waals surface area contributed by atoms with E-state index in [-0.39, 0.29) is 6.10 Å². The molecule has 2 aromatic heterocycles. The molecule has 108 valence electrons. The molecule has 2 N–H and O–H groups in total. The Labute approximate surface area is 118 Å². The molecule has 0 fully saturated rings. The normalized spacial score (nSPS) is 12.4. The zero-order chi connectivity index (χ0) is 14.5. The Kier molecular flexibility index (Phi) is 4.70. The maximum Gasteiger partial charge on any atom is 0.222 e. The number of aliphatic hydroxyl groups excluding tert-OH is 1. The van der Waals surface area contributed by atoms with Gasteiger partial charge in [-0.25, -0.2) is 4.68 Å². The van der Waals surface area contributed by atoms with Crippen molar-refractivity contribution in [3.05, 3.63) is 35.8 Å². The van der Waals surface area contributed by atoms with E-state index in [1.54, 1.807) is 24.0 Å². The van der Waals surface area contributed by atoms with Crippen molar-refractivity contribution in [2.45, 2.75) is 26.5 Å². The first kappa shape index (κ1) is 14.5. The molecule has 6 heteroatoms. The number of nitrogens with one attached hydrogen (secondary N) is 1. The van der Waals surface area contributed by atoms with Crippen LogP contribution in [0.15, 0.2) is 24.5 Å². The highest BCUT2D eigenvalue weighted by atomic mass is 16.5. The van der Waals surface area contributed by atoms with Crippen LogP contribution in [0.1, 0.15) is 18.2 Å². The summed E-state index contributed by atoms with van der Waals surface area (Å²) in [6, 6.07) is 3.67. The largest absolute Gasteiger partial charge is 0.437 e. The van der Waals surface area contributed by atoms with Crippen LogP contribution < -0.4 is 10.1 Å². The van der Waals surface area contributed by atoms with Crippen molar-refractivity contribution in [3.63, 3.8) is 0 Å². The summed E-state index contributed by atoms with van der Waals surface area (Å²) in [5, 5.41) is 16.8. The van der Waals surface area contributed by atoms with E-state index in [1.165, 1.54) is 0 Å². The van der Waals surface area contributed by atoms with Gasteiger partial charge < -0.3 is 15.2 Å². The lowest BCUT2D eigenvalue weighted by Gasteiger charge is -2.10. The molecule has 2 rings (SSSR count). The van der Waals surface area contributed by atoms with Crippen molar-refractivity contribution in [3.8, 4) is 11.6 Å². The number of hydrogen-bond acceptors (Lipinski definition) is 5. The van der Waals surface area contributed by atoms with E-state index in [9.17, 15) is 5.11 Å². The number of ether oxygens (including phenoxy) is 1. The standard InChI is InChI=1S/C14H20N4O2/c1-10(19)7-16-9-13-11(2)17-18(3)14(13)20-12-5-4-6-15-8-12/h4-6,8,10,16,19H,7,9H2,1-3H3. The van der Waals surface area contributed by atoms with Gasteiger partial charge in [-0.05, 0) is 26.0 Å². The Morgan fingerprint density at radius 2 is 2.30 bits per heavy atom. The highest BCUT2D eigenvalue weighted by Gasteiger charge is 2.15. The second-order valence-corrected chi connectivity index (χ2v) is 4.76. The van der Waals surface area contributed by atoms with Crippen LogP contribution >= 0.6 is 0 Å². The average molecular weight is 276 g/mol. The van der Waals surface area contributed by atoms with Gasteiger partial charge in [-0.3, -0.25) is 4.98 Å². The van der Waals surface area contributed by atoms with Crippen molar-refractivity contribution in [2.24, 2.45) is 7.05 Å². The van der Waals surface area contributed by atoms with Gasteiger partial charge in [0.25, 0.3) is 0 Å². The highest BCUT2D eigenvalue weighted by Crippen LogP contribution is 2.26. The predicted octanol–water partition coefficient (Wildman–Crippen LogP) is 1.39. The molecule has 0 aromatic carbocycles. The number of rotatable bonds is 6. The first-order chi connectivity index (χ1) is 9.58. The molecule has 0 spiro atoms. The second-order valence-electron chi connectivity index (χ2n) is 4.76. The summed E-state index contributed by atoms with van der Waals surface area (Å²) in [5.41, 5.74) is 1.89. The number of nitrogens with zero attached hydrogens (tertiary/aromatic N) is 3. The van der Waals surface area contributed by atoms with Gasteiger partial charge in [-0.2, -0.15) is 5.10 Å². The molecule has 0 aliphatic rings. The van der Waals surface area contributed by atoms with Crippen LogP contribution in [0.25, 0.3) is 0 Å². The quantitative estimate of drug-likeness (QED) is 0.834. The number of aryl methyl sites for hydroxylation is 2. The molecule has 1 unspecified atom stereocenters. The lowest BCUT2D eigenvalue weighted by Crippen LogP contribution is -2.24. The number of hydrogen-bond donors (Lipinski definition) is 2. The lowest BCUT2D eigenvalue weighted by atomic mass is 10.2. The minimum atomic E-state index is -0.380. The molecular formula is C14H20N4O2. The third kappa shape index (κ3) is 3.55. The Morgan fingerprint density at radius 1 is 1.50 bits per heavy atom. The van der Waals surface area contributed by atoms with Crippen LogP contribution in [0, 0.1) is 6.92 Å². The van der Waals surface area contributed by atoms with E-state index in [0.29, 0.717) is 24.7 Å². The van der Waals surface area contributed by atoms with Gasteiger partial charge in [0.05, 0.1) is 23.6 Å². The van der Waals surface area contributed by atoms with Crippen LogP contribution in [-0.4, -0.2) is 32.5 Å². The molecule has 0 saturated carbocycles. The van der Waals surface area contributed by atoms with Crippen molar-refractivity contribution in [1.82, 2.24) is 20.1 Å². The van der Waals surface area contributed by atoms with Gasteiger partial charge in [-0.15, -0.1) is 0 Å². The van der Waals surface area contributed by atoms with E-state index in [2.05, 4.69) is 15.4 Å².